The van der Waals surface area contributed by atoms with Crippen molar-refractivity contribution in [2.24, 2.45) is 10.8 Å². The van der Waals surface area contributed by atoms with E-state index < -0.39 is 17.4 Å². The molecule has 2 unspecified atom stereocenters. The molecule has 6 aromatic rings. The van der Waals surface area contributed by atoms with Crippen LogP contribution in [0.15, 0.2) is 132 Å². The Morgan fingerprint density at radius 1 is 0.469 bits per heavy atom. The molecular formula is C60H72Cl2SiZr. The van der Waals surface area contributed by atoms with Gasteiger partial charge in [-0.05, 0) is 0 Å². The fraction of sp³-hybridized carbons (Fsp3) is 0.400. The van der Waals surface area contributed by atoms with E-state index in [-0.39, 0.29) is 24.8 Å². The average molecular weight is 983 g/mol. The van der Waals surface area contributed by atoms with E-state index in [1.165, 1.54) is 158 Å². The number of rotatable bonds is 12. The first-order valence-corrected chi connectivity index (χ1v) is 38.5. The number of halogens is 2. The van der Waals surface area contributed by atoms with Gasteiger partial charge in [-0.2, -0.15) is 0 Å². The van der Waals surface area contributed by atoms with Crippen LogP contribution in [-0.2, 0) is 17.4 Å². The van der Waals surface area contributed by atoms with Crippen LogP contribution in [0.2, 0.25) is 9.26 Å². The molecule has 2 atom stereocenters. The zero-order chi connectivity index (χ0) is 42.6. The molecule has 2 fully saturated rings. The summed E-state index contributed by atoms with van der Waals surface area (Å²) in [4.78, 5) is 0. The number of hydrogen-bond acceptors (Lipinski definition) is 0. The Kier molecular flexibility index (Phi) is 14.1. The Morgan fingerprint density at radius 2 is 0.828 bits per heavy atom. The maximum Gasteiger partial charge on any atom is -0.147 e. The monoisotopic (exact) mass is 980 g/mol. The number of benzene rings is 6. The van der Waals surface area contributed by atoms with Gasteiger partial charge in [-0.3, -0.25) is 0 Å². The summed E-state index contributed by atoms with van der Waals surface area (Å²) in [6, 6.07) is 47.1. The van der Waals surface area contributed by atoms with E-state index in [4.69, 9.17) is 0 Å². The summed E-state index contributed by atoms with van der Waals surface area (Å²) in [6.45, 7) is 7.50. The van der Waals surface area contributed by atoms with E-state index in [0.717, 1.165) is 0 Å². The van der Waals surface area contributed by atoms with Crippen LogP contribution in [0.3, 0.4) is 0 Å². The summed E-state index contributed by atoms with van der Waals surface area (Å²) < 4.78 is 6.89. The third kappa shape index (κ3) is 8.48. The average Bonchev–Trinajstić information content (AvgIpc) is 3.86. The number of allylic oxidation sites excluding steroid dienone is 2. The first-order valence-electron chi connectivity index (χ1n) is 24.8. The normalized spacial score (nSPS) is 20.1. The molecule has 0 saturated heterocycles. The predicted molar refractivity (Wildman–Crippen MR) is 285 cm³/mol. The first kappa shape index (κ1) is 47.5. The standard InChI is InChI=1S/2C29H31.2CH3.2ClH.H2Si.Zr/c2*1-2-16-29(17-6-3-7-18-29)21-22-19-24-12-9-15-27(28(24)20-22)26-14-8-11-23-10-4-5-13-25(23)26;;;;;;/h2*4-5,8-15,19-20H,2-3,6-7,16-18,21H2,1H3;2*1H3;2*1H;1H2;. The van der Waals surface area contributed by atoms with Gasteiger partial charge in [-0.25, -0.2) is 0 Å². The van der Waals surface area contributed by atoms with Gasteiger partial charge in [0.25, 0.3) is 0 Å². The van der Waals surface area contributed by atoms with E-state index in [1.807, 2.05) is 0 Å². The molecule has 10 rings (SSSR count). The Bertz CT molecular complexity index is 2580. The number of hydrogen-bond donors (Lipinski definition) is 0. The van der Waals surface area contributed by atoms with E-state index >= 15 is 0 Å². The summed E-state index contributed by atoms with van der Waals surface area (Å²) in [5.41, 5.74) is 16.5. The maximum absolute atomic E-state index is 4.06. The quantitative estimate of drug-likeness (QED) is 0.107. The largest absolute Gasteiger partial charge is 0.147 e. The molecule has 0 heterocycles. The minimum atomic E-state index is -4.06. The molecule has 0 aliphatic heterocycles. The zero-order valence-corrected chi connectivity index (χ0v) is 44.7. The molecule has 0 N–H and O–H groups in total. The Morgan fingerprint density at radius 3 is 1.23 bits per heavy atom. The summed E-state index contributed by atoms with van der Waals surface area (Å²) in [5.74, 6) is 0. The third-order valence-electron chi connectivity index (χ3n) is 16.9. The van der Waals surface area contributed by atoms with Gasteiger partial charge in [-0.1, -0.05) is 0 Å². The van der Waals surface area contributed by atoms with Crippen molar-refractivity contribution in [2.75, 3.05) is 0 Å². The molecule has 64 heavy (non-hydrogen) atoms. The van der Waals surface area contributed by atoms with Crippen molar-refractivity contribution in [1.29, 1.82) is 0 Å². The van der Waals surface area contributed by atoms with Crippen LogP contribution in [-0.4, -0.2) is 6.88 Å². The molecule has 0 aromatic heterocycles. The molecule has 4 aliphatic rings. The predicted octanol–water partition coefficient (Wildman–Crippen LogP) is 18.4. The van der Waals surface area contributed by atoms with Crippen molar-refractivity contribution in [3.8, 4) is 22.3 Å². The molecule has 4 heteroatoms. The van der Waals surface area contributed by atoms with E-state index in [0.29, 0.717) is 18.1 Å². The van der Waals surface area contributed by atoms with Crippen LogP contribution >= 0.6 is 24.8 Å². The molecule has 334 valence electrons. The molecular weight excluding hydrogens is 911 g/mol. The van der Waals surface area contributed by atoms with Crippen LogP contribution < -0.4 is 0 Å². The van der Waals surface area contributed by atoms with Crippen molar-refractivity contribution in [3.05, 3.63) is 155 Å². The van der Waals surface area contributed by atoms with Gasteiger partial charge >= 0.3 is 379 Å². The second-order valence-corrected chi connectivity index (χ2v) is 52.4. The van der Waals surface area contributed by atoms with Gasteiger partial charge < -0.3 is 0 Å². The Hall–Kier alpha value is -3.00. The fourth-order valence-electron chi connectivity index (χ4n) is 14.6. The van der Waals surface area contributed by atoms with Crippen molar-refractivity contribution < 1.29 is 17.4 Å². The van der Waals surface area contributed by atoms with Crippen molar-refractivity contribution in [2.45, 2.75) is 133 Å². The second-order valence-electron chi connectivity index (χ2n) is 21.9. The Balaban J connectivity index is 0.00000280. The van der Waals surface area contributed by atoms with E-state index in [1.54, 1.807) is 22.3 Å². The molecule has 0 amide bonds. The van der Waals surface area contributed by atoms with Gasteiger partial charge in [0.1, 0.15) is 0 Å². The van der Waals surface area contributed by atoms with Gasteiger partial charge in [0.05, 0.1) is 0 Å². The van der Waals surface area contributed by atoms with E-state index in [2.05, 4.69) is 163 Å². The van der Waals surface area contributed by atoms with Crippen molar-refractivity contribution in [3.63, 3.8) is 0 Å². The summed E-state index contributed by atoms with van der Waals surface area (Å²) in [5, 5.41) is 5.41. The summed E-state index contributed by atoms with van der Waals surface area (Å²) in [7, 11) is 0. The molecule has 4 aliphatic carbocycles. The molecule has 0 spiro atoms. The molecule has 0 bridgehead atoms. The van der Waals surface area contributed by atoms with Gasteiger partial charge in [0.15, 0.2) is 0 Å². The first-order chi connectivity index (χ1) is 30.1. The minimum Gasteiger partial charge on any atom is -0.147 e. The minimum absolute atomic E-state index is 0. The van der Waals surface area contributed by atoms with Crippen molar-refractivity contribution in [1.82, 2.24) is 0 Å². The van der Waals surface area contributed by atoms with Crippen LogP contribution in [0.4, 0.5) is 0 Å². The SMILES string of the molecule is CCCC1(CC2=Cc3c(-c4cccc5ccccc45)cccc3[CH]2[Zr]([CH3])([CH3])(=[SiH2])[CH]2C(CC3(CCC)CCCCC3)=Cc3c(-c4cccc5ccccc45)cccc32)CCCCC1.Cl.Cl. The summed E-state index contributed by atoms with van der Waals surface area (Å²) >= 11 is -4.06. The topological polar surface area (TPSA) is 0 Å². The zero-order valence-electron chi connectivity index (χ0n) is 39.2. The van der Waals surface area contributed by atoms with Crippen LogP contribution in [0, 0.1) is 10.8 Å². The van der Waals surface area contributed by atoms with Crippen LogP contribution in [0.1, 0.15) is 146 Å². The molecule has 0 nitrogen and oxygen atoms in total. The Labute approximate surface area is 400 Å². The smallest absolute Gasteiger partial charge is 0.147 e. The summed E-state index contributed by atoms with van der Waals surface area (Å²) in [6.07, 6.45) is 27.4. The van der Waals surface area contributed by atoms with Gasteiger partial charge in [0.2, 0.25) is 0 Å². The molecule has 0 radical (unpaired) electrons. The van der Waals surface area contributed by atoms with Crippen LogP contribution in [0.25, 0.3) is 56.0 Å². The maximum atomic E-state index is 2.94. The molecule has 6 aromatic carbocycles. The van der Waals surface area contributed by atoms with Crippen LogP contribution in [0.5, 0.6) is 0 Å². The second kappa shape index (κ2) is 18.9. The van der Waals surface area contributed by atoms with Gasteiger partial charge in [-0.15, -0.1) is 24.8 Å². The fourth-order valence-corrected chi connectivity index (χ4v) is 34.3. The van der Waals surface area contributed by atoms with Gasteiger partial charge in [0, 0.05) is 0 Å². The third-order valence-corrected chi connectivity index (χ3v) is 34.4. The van der Waals surface area contributed by atoms with E-state index in [9.17, 15) is 0 Å². The molecule has 2 saturated carbocycles. The van der Waals surface area contributed by atoms with Crippen molar-refractivity contribution >= 4 is 65.4 Å². The number of fused-ring (bicyclic) bond motifs is 4.